The number of carbonyl (C=O) groups is 1. The Kier molecular flexibility index (Phi) is 4.75. The van der Waals surface area contributed by atoms with Crippen molar-refractivity contribution in [2.24, 2.45) is 0 Å². The summed E-state index contributed by atoms with van der Waals surface area (Å²) in [4.78, 5) is 12.3. The molecule has 0 fully saturated rings. The quantitative estimate of drug-likeness (QED) is 0.867. The highest BCUT2D eigenvalue weighted by Crippen LogP contribution is 2.30. The molecule has 0 heterocycles. The maximum atomic E-state index is 12.3. The van der Waals surface area contributed by atoms with Crippen molar-refractivity contribution < 1.29 is 4.79 Å². The molecule has 2 heteroatoms. The molecular formula is C22H27NO. The Hall–Kier alpha value is -2.09. The van der Waals surface area contributed by atoms with Crippen molar-refractivity contribution in [2.45, 2.75) is 57.9 Å². The second kappa shape index (κ2) is 6.80. The molecule has 1 atom stereocenters. The lowest BCUT2D eigenvalue weighted by molar-refractivity contribution is -0.121. The lowest BCUT2D eigenvalue weighted by Gasteiger charge is -2.19. The molecule has 0 aliphatic heterocycles. The molecule has 0 bridgehead atoms. The Balaban J connectivity index is 1.53. The molecule has 1 N–H and O–H groups in total. The van der Waals surface area contributed by atoms with E-state index in [2.05, 4.69) is 74.6 Å². The van der Waals surface area contributed by atoms with E-state index >= 15 is 0 Å². The molecule has 2 aromatic carbocycles. The van der Waals surface area contributed by atoms with E-state index in [0.29, 0.717) is 6.42 Å². The van der Waals surface area contributed by atoms with Gasteiger partial charge in [-0.3, -0.25) is 4.79 Å². The number of hydrogen-bond acceptors (Lipinski definition) is 1. The van der Waals surface area contributed by atoms with Crippen LogP contribution in [0.1, 0.15) is 61.9 Å². The topological polar surface area (TPSA) is 29.1 Å². The zero-order chi connectivity index (χ0) is 17.2. The maximum absolute atomic E-state index is 12.3. The minimum Gasteiger partial charge on any atom is -0.349 e. The molecule has 1 unspecified atom stereocenters. The molecule has 0 spiro atoms. The van der Waals surface area contributed by atoms with Gasteiger partial charge in [-0.05, 0) is 46.9 Å². The van der Waals surface area contributed by atoms with E-state index in [1.807, 2.05) is 0 Å². The summed E-state index contributed by atoms with van der Waals surface area (Å²) in [5.74, 6) is 0.150. The lowest BCUT2D eigenvalue weighted by atomic mass is 9.86. The summed E-state index contributed by atoms with van der Waals surface area (Å²) in [7, 11) is 0. The first kappa shape index (κ1) is 16.8. The number of rotatable bonds is 4. The highest BCUT2D eigenvalue weighted by atomic mass is 16.1. The molecule has 1 aliphatic rings. The van der Waals surface area contributed by atoms with Gasteiger partial charge in [0.25, 0.3) is 0 Å². The number of fused-ring (bicyclic) bond motifs is 1. The summed E-state index contributed by atoms with van der Waals surface area (Å²) in [6.45, 7) is 6.65. The highest BCUT2D eigenvalue weighted by molar-refractivity contribution is 5.77. The molecular weight excluding hydrogens is 294 g/mol. The predicted molar refractivity (Wildman–Crippen MR) is 99.1 cm³/mol. The fourth-order valence-corrected chi connectivity index (χ4v) is 3.40. The molecule has 3 rings (SSSR count). The van der Waals surface area contributed by atoms with Crippen LogP contribution < -0.4 is 5.32 Å². The van der Waals surface area contributed by atoms with Crippen molar-refractivity contribution in [3.05, 3.63) is 70.8 Å². The number of amides is 1. The number of carbonyl (C=O) groups excluding carboxylic acids is 1. The average Bonchev–Trinajstić information content (AvgIpc) is 2.96. The SMILES string of the molecule is CC(C)(C)c1ccc(CCC(=O)NC2CCc3ccccc32)cc1. The van der Waals surface area contributed by atoms with E-state index in [-0.39, 0.29) is 17.4 Å². The van der Waals surface area contributed by atoms with Gasteiger partial charge in [-0.15, -0.1) is 0 Å². The van der Waals surface area contributed by atoms with Gasteiger partial charge in [0, 0.05) is 6.42 Å². The van der Waals surface area contributed by atoms with Crippen LogP contribution in [0.25, 0.3) is 0 Å². The summed E-state index contributed by atoms with van der Waals surface area (Å²) in [5.41, 5.74) is 5.40. The average molecular weight is 321 g/mol. The summed E-state index contributed by atoms with van der Waals surface area (Å²) in [5, 5.41) is 3.20. The van der Waals surface area contributed by atoms with E-state index in [1.54, 1.807) is 0 Å². The normalized spacial score (nSPS) is 16.7. The number of nitrogens with one attached hydrogen (secondary N) is 1. The zero-order valence-electron chi connectivity index (χ0n) is 14.9. The van der Waals surface area contributed by atoms with Crippen LogP contribution in [0.15, 0.2) is 48.5 Å². The van der Waals surface area contributed by atoms with Crippen LogP contribution in [0.4, 0.5) is 0 Å². The van der Waals surface area contributed by atoms with Gasteiger partial charge in [0.1, 0.15) is 0 Å². The highest BCUT2D eigenvalue weighted by Gasteiger charge is 2.23. The van der Waals surface area contributed by atoms with Gasteiger partial charge in [0.15, 0.2) is 0 Å². The van der Waals surface area contributed by atoms with Gasteiger partial charge in [0.05, 0.1) is 6.04 Å². The summed E-state index contributed by atoms with van der Waals surface area (Å²) < 4.78 is 0. The van der Waals surface area contributed by atoms with Crippen molar-refractivity contribution in [1.29, 1.82) is 0 Å². The summed E-state index contributed by atoms with van der Waals surface area (Å²) in [6, 6.07) is 17.3. The van der Waals surface area contributed by atoms with Crippen molar-refractivity contribution in [2.75, 3.05) is 0 Å². The van der Waals surface area contributed by atoms with E-state index in [9.17, 15) is 4.79 Å². The molecule has 24 heavy (non-hydrogen) atoms. The first-order valence-corrected chi connectivity index (χ1v) is 8.90. The van der Waals surface area contributed by atoms with Crippen LogP contribution in [0.5, 0.6) is 0 Å². The van der Waals surface area contributed by atoms with Crippen LogP contribution >= 0.6 is 0 Å². The first-order chi connectivity index (χ1) is 11.4. The van der Waals surface area contributed by atoms with Gasteiger partial charge in [-0.2, -0.15) is 0 Å². The molecule has 2 aromatic rings. The van der Waals surface area contributed by atoms with Gasteiger partial charge >= 0.3 is 0 Å². The van der Waals surface area contributed by atoms with Gasteiger partial charge in [0.2, 0.25) is 5.91 Å². The molecule has 126 valence electrons. The molecule has 1 amide bonds. The minimum atomic E-state index is 0.150. The minimum absolute atomic E-state index is 0.150. The van der Waals surface area contributed by atoms with E-state index < -0.39 is 0 Å². The molecule has 0 radical (unpaired) electrons. The smallest absolute Gasteiger partial charge is 0.220 e. The molecule has 0 aromatic heterocycles. The standard InChI is InChI=1S/C22H27NO/c1-22(2,3)18-12-8-16(9-13-18)10-15-21(24)23-20-14-11-17-6-4-5-7-19(17)20/h4-9,12-13,20H,10-11,14-15H2,1-3H3,(H,23,24). The summed E-state index contributed by atoms with van der Waals surface area (Å²) >= 11 is 0. The second-order valence-electron chi connectivity index (χ2n) is 7.80. The fraction of sp³-hybridized carbons (Fsp3) is 0.409. The van der Waals surface area contributed by atoms with Crippen molar-refractivity contribution in [3.8, 4) is 0 Å². The molecule has 0 saturated heterocycles. The lowest BCUT2D eigenvalue weighted by Crippen LogP contribution is -2.27. The second-order valence-corrected chi connectivity index (χ2v) is 7.80. The number of aryl methyl sites for hydroxylation is 2. The van der Waals surface area contributed by atoms with E-state index in [1.165, 1.54) is 22.3 Å². The van der Waals surface area contributed by atoms with Crippen LogP contribution in [0, 0.1) is 0 Å². The first-order valence-electron chi connectivity index (χ1n) is 8.90. The Morgan fingerprint density at radius 2 is 1.79 bits per heavy atom. The van der Waals surface area contributed by atoms with Crippen molar-refractivity contribution in [1.82, 2.24) is 5.32 Å². The van der Waals surface area contributed by atoms with Crippen LogP contribution in [-0.4, -0.2) is 5.91 Å². The van der Waals surface area contributed by atoms with E-state index in [0.717, 1.165) is 19.3 Å². The Bertz CT molecular complexity index is 709. The molecule has 1 aliphatic carbocycles. The third-order valence-corrected chi connectivity index (χ3v) is 4.93. The van der Waals surface area contributed by atoms with Crippen LogP contribution in [-0.2, 0) is 23.1 Å². The van der Waals surface area contributed by atoms with E-state index in [4.69, 9.17) is 0 Å². The predicted octanol–water partition coefficient (Wildman–Crippen LogP) is 4.72. The van der Waals surface area contributed by atoms with Crippen LogP contribution in [0.3, 0.4) is 0 Å². The third kappa shape index (κ3) is 3.87. The number of benzene rings is 2. The van der Waals surface area contributed by atoms with Gasteiger partial charge in [-0.25, -0.2) is 0 Å². The monoisotopic (exact) mass is 321 g/mol. The Morgan fingerprint density at radius 1 is 1.08 bits per heavy atom. The zero-order valence-corrected chi connectivity index (χ0v) is 14.9. The number of hydrogen-bond donors (Lipinski definition) is 1. The van der Waals surface area contributed by atoms with Gasteiger partial charge < -0.3 is 5.32 Å². The fourth-order valence-electron chi connectivity index (χ4n) is 3.40. The van der Waals surface area contributed by atoms with Crippen molar-refractivity contribution >= 4 is 5.91 Å². The van der Waals surface area contributed by atoms with Crippen LogP contribution in [0.2, 0.25) is 0 Å². The molecule has 0 saturated carbocycles. The summed E-state index contributed by atoms with van der Waals surface area (Å²) in [6.07, 6.45) is 3.43. The van der Waals surface area contributed by atoms with Gasteiger partial charge in [-0.1, -0.05) is 69.3 Å². The maximum Gasteiger partial charge on any atom is 0.220 e. The Morgan fingerprint density at radius 3 is 2.50 bits per heavy atom. The third-order valence-electron chi connectivity index (χ3n) is 4.93. The largest absolute Gasteiger partial charge is 0.349 e. The molecule has 2 nitrogen and oxygen atoms in total. The van der Waals surface area contributed by atoms with Crippen molar-refractivity contribution in [3.63, 3.8) is 0 Å². The Labute approximate surface area is 145 Å².